The first kappa shape index (κ1) is 9.58. The molecule has 0 spiro atoms. The molecule has 1 aromatic rings. The predicted molar refractivity (Wildman–Crippen MR) is 54.2 cm³/mol. The average Bonchev–Trinajstić information content (AvgIpc) is 2.13. The zero-order valence-corrected chi connectivity index (χ0v) is 7.91. The minimum atomic E-state index is 0.659. The lowest BCUT2D eigenvalue weighted by Crippen LogP contribution is -2.00. The molecule has 0 atom stereocenters. The molecular formula is C10H14N2O. The molecule has 3 heteroatoms. The third-order valence-electron chi connectivity index (χ3n) is 2.07. The summed E-state index contributed by atoms with van der Waals surface area (Å²) in [6.45, 7) is 3.88. The van der Waals surface area contributed by atoms with Crippen LogP contribution in [0.2, 0.25) is 0 Å². The molecule has 1 rings (SSSR count). The molecule has 0 aliphatic rings. The molecule has 0 aliphatic heterocycles. The van der Waals surface area contributed by atoms with Crippen molar-refractivity contribution in [2.24, 2.45) is 5.16 Å². The molecule has 0 bridgehead atoms. The second kappa shape index (κ2) is 3.94. The van der Waals surface area contributed by atoms with Crippen molar-refractivity contribution >= 4 is 11.4 Å². The molecular weight excluding hydrogens is 164 g/mol. The fourth-order valence-corrected chi connectivity index (χ4v) is 1.15. The standard InChI is InChI=1S/C10H14N2O/c1-3-10(12-13)8-5-4-7(2)9(11)6-8/h4-6,13H,3,11H2,1-2H3. The van der Waals surface area contributed by atoms with E-state index in [9.17, 15) is 0 Å². The molecule has 0 aliphatic carbocycles. The number of hydrogen-bond donors (Lipinski definition) is 2. The van der Waals surface area contributed by atoms with Crippen LogP contribution in [0.3, 0.4) is 0 Å². The Kier molecular flexibility index (Phi) is 2.90. The van der Waals surface area contributed by atoms with E-state index in [2.05, 4.69) is 5.16 Å². The van der Waals surface area contributed by atoms with E-state index in [4.69, 9.17) is 10.9 Å². The predicted octanol–water partition coefficient (Wildman–Crippen LogP) is 2.17. The van der Waals surface area contributed by atoms with Gasteiger partial charge in [0, 0.05) is 11.3 Å². The van der Waals surface area contributed by atoms with Crippen molar-refractivity contribution in [1.82, 2.24) is 0 Å². The maximum atomic E-state index is 8.69. The van der Waals surface area contributed by atoms with E-state index in [0.29, 0.717) is 12.1 Å². The van der Waals surface area contributed by atoms with Crippen LogP contribution in [-0.2, 0) is 0 Å². The molecule has 0 saturated carbocycles. The zero-order chi connectivity index (χ0) is 9.84. The van der Waals surface area contributed by atoms with E-state index in [-0.39, 0.29) is 0 Å². The van der Waals surface area contributed by atoms with Crippen LogP contribution in [-0.4, -0.2) is 10.9 Å². The molecule has 0 amide bonds. The van der Waals surface area contributed by atoms with Gasteiger partial charge in [0.1, 0.15) is 0 Å². The molecule has 13 heavy (non-hydrogen) atoms. The van der Waals surface area contributed by atoms with E-state index >= 15 is 0 Å². The Bertz CT molecular complexity index is 332. The smallest absolute Gasteiger partial charge is 0.0865 e. The number of oxime groups is 1. The zero-order valence-electron chi connectivity index (χ0n) is 7.91. The summed E-state index contributed by atoms with van der Waals surface area (Å²) >= 11 is 0. The SMILES string of the molecule is CCC(=NO)c1ccc(C)c(N)c1. The lowest BCUT2D eigenvalue weighted by Gasteiger charge is -2.04. The lowest BCUT2D eigenvalue weighted by atomic mass is 10.1. The molecule has 0 fully saturated rings. The van der Waals surface area contributed by atoms with Gasteiger partial charge < -0.3 is 10.9 Å². The van der Waals surface area contributed by atoms with Crippen LogP contribution in [0.1, 0.15) is 24.5 Å². The molecule has 70 valence electrons. The van der Waals surface area contributed by atoms with Crippen LogP contribution in [0, 0.1) is 6.92 Å². The minimum absolute atomic E-state index is 0.659. The fraction of sp³-hybridized carbons (Fsp3) is 0.300. The van der Waals surface area contributed by atoms with E-state index in [1.807, 2.05) is 32.0 Å². The summed E-state index contributed by atoms with van der Waals surface area (Å²) in [5, 5.41) is 11.9. The number of anilines is 1. The van der Waals surface area contributed by atoms with Crippen molar-refractivity contribution in [2.45, 2.75) is 20.3 Å². The van der Waals surface area contributed by atoms with Gasteiger partial charge in [0.15, 0.2) is 0 Å². The lowest BCUT2D eigenvalue weighted by molar-refractivity contribution is 0.318. The van der Waals surface area contributed by atoms with Crippen molar-refractivity contribution in [2.75, 3.05) is 5.73 Å². The summed E-state index contributed by atoms with van der Waals surface area (Å²) in [6.07, 6.45) is 0.693. The number of rotatable bonds is 2. The third-order valence-corrected chi connectivity index (χ3v) is 2.07. The highest BCUT2D eigenvalue weighted by atomic mass is 16.4. The Morgan fingerprint density at radius 3 is 2.69 bits per heavy atom. The molecule has 0 unspecified atom stereocenters. The third kappa shape index (κ3) is 1.99. The number of nitrogens with zero attached hydrogens (tertiary/aromatic N) is 1. The van der Waals surface area contributed by atoms with Crippen LogP contribution in [0.15, 0.2) is 23.4 Å². The van der Waals surface area contributed by atoms with Gasteiger partial charge >= 0.3 is 0 Å². The monoisotopic (exact) mass is 178 g/mol. The Morgan fingerprint density at radius 1 is 1.54 bits per heavy atom. The number of aryl methyl sites for hydroxylation is 1. The van der Waals surface area contributed by atoms with E-state index in [0.717, 1.165) is 16.8 Å². The summed E-state index contributed by atoms with van der Waals surface area (Å²) < 4.78 is 0. The molecule has 3 N–H and O–H groups in total. The van der Waals surface area contributed by atoms with Gasteiger partial charge in [0.05, 0.1) is 5.71 Å². The van der Waals surface area contributed by atoms with Crippen LogP contribution in [0.25, 0.3) is 0 Å². The highest BCUT2D eigenvalue weighted by molar-refractivity contribution is 6.00. The van der Waals surface area contributed by atoms with Crippen molar-refractivity contribution in [3.8, 4) is 0 Å². The first-order valence-electron chi connectivity index (χ1n) is 4.26. The Morgan fingerprint density at radius 2 is 2.23 bits per heavy atom. The van der Waals surface area contributed by atoms with Crippen molar-refractivity contribution in [3.05, 3.63) is 29.3 Å². The fourth-order valence-electron chi connectivity index (χ4n) is 1.15. The van der Waals surface area contributed by atoms with Gasteiger partial charge in [-0.05, 0) is 25.0 Å². The van der Waals surface area contributed by atoms with Crippen molar-refractivity contribution < 1.29 is 5.21 Å². The molecule has 1 aromatic carbocycles. The van der Waals surface area contributed by atoms with E-state index in [1.54, 1.807) is 0 Å². The average molecular weight is 178 g/mol. The van der Waals surface area contributed by atoms with Crippen LogP contribution >= 0.6 is 0 Å². The first-order chi connectivity index (χ1) is 6.19. The molecule has 0 saturated heterocycles. The summed E-state index contributed by atoms with van der Waals surface area (Å²) in [5.41, 5.74) is 9.04. The van der Waals surface area contributed by atoms with Gasteiger partial charge in [-0.2, -0.15) is 0 Å². The number of hydrogen-bond acceptors (Lipinski definition) is 3. The van der Waals surface area contributed by atoms with Gasteiger partial charge in [-0.1, -0.05) is 24.2 Å². The van der Waals surface area contributed by atoms with E-state index in [1.165, 1.54) is 0 Å². The van der Waals surface area contributed by atoms with Gasteiger partial charge in [-0.25, -0.2) is 0 Å². The summed E-state index contributed by atoms with van der Waals surface area (Å²) in [7, 11) is 0. The topological polar surface area (TPSA) is 58.6 Å². The quantitative estimate of drug-likeness (QED) is 0.315. The maximum Gasteiger partial charge on any atom is 0.0865 e. The Balaban J connectivity index is 3.10. The summed E-state index contributed by atoms with van der Waals surface area (Å²) in [4.78, 5) is 0. The van der Waals surface area contributed by atoms with Gasteiger partial charge in [0.2, 0.25) is 0 Å². The summed E-state index contributed by atoms with van der Waals surface area (Å²) in [6, 6.07) is 5.66. The van der Waals surface area contributed by atoms with Crippen LogP contribution in [0.4, 0.5) is 5.69 Å². The molecule has 0 heterocycles. The first-order valence-corrected chi connectivity index (χ1v) is 4.26. The van der Waals surface area contributed by atoms with Crippen LogP contribution in [0.5, 0.6) is 0 Å². The molecule has 0 aromatic heterocycles. The normalized spacial score (nSPS) is 11.7. The van der Waals surface area contributed by atoms with E-state index < -0.39 is 0 Å². The molecule has 3 nitrogen and oxygen atoms in total. The number of nitrogens with two attached hydrogens (primary N) is 1. The van der Waals surface area contributed by atoms with Crippen molar-refractivity contribution in [1.29, 1.82) is 0 Å². The minimum Gasteiger partial charge on any atom is -0.411 e. The van der Waals surface area contributed by atoms with Gasteiger partial charge in [0.25, 0.3) is 0 Å². The van der Waals surface area contributed by atoms with Crippen molar-refractivity contribution in [3.63, 3.8) is 0 Å². The largest absolute Gasteiger partial charge is 0.411 e. The summed E-state index contributed by atoms with van der Waals surface area (Å²) in [5.74, 6) is 0. The van der Waals surface area contributed by atoms with Gasteiger partial charge in [-0.15, -0.1) is 0 Å². The highest BCUT2D eigenvalue weighted by Gasteiger charge is 2.02. The second-order valence-corrected chi connectivity index (χ2v) is 2.97. The Labute approximate surface area is 77.9 Å². The van der Waals surface area contributed by atoms with Gasteiger partial charge in [-0.3, -0.25) is 0 Å². The van der Waals surface area contributed by atoms with Crippen LogP contribution < -0.4 is 5.73 Å². The Hall–Kier alpha value is -1.51. The highest BCUT2D eigenvalue weighted by Crippen LogP contribution is 2.14. The second-order valence-electron chi connectivity index (χ2n) is 2.97. The number of benzene rings is 1. The number of nitrogen functional groups attached to an aromatic ring is 1. The maximum absolute atomic E-state index is 8.69. The molecule has 0 radical (unpaired) electrons.